The van der Waals surface area contributed by atoms with Gasteiger partial charge in [-0.2, -0.15) is 0 Å². The molecule has 1 aromatic carbocycles. The van der Waals surface area contributed by atoms with Gasteiger partial charge in [0, 0.05) is 13.2 Å². The first-order chi connectivity index (χ1) is 9.93. The van der Waals surface area contributed by atoms with Crippen molar-refractivity contribution < 1.29 is 4.74 Å². The maximum absolute atomic E-state index is 5.66. The SMILES string of the molecule is [CH2]CCCCCCOCCCCCCc1ccccc1. The van der Waals surface area contributed by atoms with Gasteiger partial charge in [0.2, 0.25) is 0 Å². The van der Waals surface area contributed by atoms with E-state index in [1.165, 1.54) is 63.4 Å². The Labute approximate surface area is 125 Å². The van der Waals surface area contributed by atoms with E-state index in [1.807, 2.05) is 0 Å². The van der Waals surface area contributed by atoms with Crippen LogP contribution in [0.1, 0.15) is 63.4 Å². The van der Waals surface area contributed by atoms with Gasteiger partial charge in [-0.3, -0.25) is 0 Å². The normalized spacial score (nSPS) is 10.8. The Hall–Kier alpha value is -0.820. The molecule has 1 radical (unpaired) electrons. The van der Waals surface area contributed by atoms with Crippen molar-refractivity contribution in [2.24, 2.45) is 0 Å². The van der Waals surface area contributed by atoms with Crippen LogP contribution in [0.3, 0.4) is 0 Å². The Bertz CT molecular complexity index is 294. The summed E-state index contributed by atoms with van der Waals surface area (Å²) in [7, 11) is 0. The molecular formula is C19H31O. The van der Waals surface area contributed by atoms with E-state index in [4.69, 9.17) is 4.74 Å². The quantitative estimate of drug-likeness (QED) is 0.426. The minimum atomic E-state index is 0.945. The third-order valence-corrected chi connectivity index (χ3v) is 3.64. The summed E-state index contributed by atoms with van der Waals surface area (Å²) in [6.07, 6.45) is 12.5. The Kier molecular flexibility index (Phi) is 11.4. The summed E-state index contributed by atoms with van der Waals surface area (Å²) in [5, 5.41) is 0. The minimum Gasteiger partial charge on any atom is -0.381 e. The van der Waals surface area contributed by atoms with Gasteiger partial charge in [0.1, 0.15) is 0 Å². The Morgan fingerprint density at radius 1 is 0.700 bits per heavy atom. The molecule has 0 aromatic heterocycles. The first-order valence-electron chi connectivity index (χ1n) is 8.34. The maximum atomic E-state index is 5.66. The number of benzene rings is 1. The molecule has 0 saturated heterocycles. The summed E-state index contributed by atoms with van der Waals surface area (Å²) < 4.78 is 5.66. The molecular weight excluding hydrogens is 244 g/mol. The number of rotatable bonds is 13. The van der Waals surface area contributed by atoms with Crippen molar-refractivity contribution in [1.82, 2.24) is 0 Å². The van der Waals surface area contributed by atoms with Gasteiger partial charge in [0.15, 0.2) is 0 Å². The predicted molar refractivity (Wildman–Crippen MR) is 87.9 cm³/mol. The number of unbranched alkanes of at least 4 members (excludes halogenated alkanes) is 7. The number of ether oxygens (including phenoxy) is 1. The molecule has 0 aliphatic rings. The fourth-order valence-corrected chi connectivity index (χ4v) is 2.37. The summed E-state index contributed by atoms with van der Waals surface area (Å²) in [6.45, 7) is 5.75. The van der Waals surface area contributed by atoms with E-state index in [0.717, 1.165) is 19.6 Å². The highest BCUT2D eigenvalue weighted by Gasteiger charge is 1.94. The van der Waals surface area contributed by atoms with Crippen molar-refractivity contribution in [3.8, 4) is 0 Å². The second-order valence-electron chi connectivity index (χ2n) is 5.53. The van der Waals surface area contributed by atoms with Gasteiger partial charge >= 0.3 is 0 Å². The van der Waals surface area contributed by atoms with Gasteiger partial charge in [0.25, 0.3) is 0 Å². The topological polar surface area (TPSA) is 9.23 Å². The zero-order valence-electron chi connectivity index (χ0n) is 13.0. The van der Waals surface area contributed by atoms with Crippen LogP contribution < -0.4 is 0 Å². The standard InChI is InChI=1S/C19H31O/c1-2-3-4-6-12-17-20-18-13-7-5-9-14-19-15-10-8-11-16-19/h8,10-11,15-16H,1-7,9,12-14,17-18H2. The largest absolute Gasteiger partial charge is 0.381 e. The van der Waals surface area contributed by atoms with E-state index in [2.05, 4.69) is 37.3 Å². The molecule has 1 heteroatoms. The van der Waals surface area contributed by atoms with Crippen molar-refractivity contribution in [2.45, 2.75) is 64.2 Å². The van der Waals surface area contributed by atoms with Crippen LogP contribution in [0.5, 0.6) is 0 Å². The van der Waals surface area contributed by atoms with Gasteiger partial charge in [-0.25, -0.2) is 0 Å². The summed E-state index contributed by atoms with van der Waals surface area (Å²) >= 11 is 0. The van der Waals surface area contributed by atoms with Crippen LogP contribution in [0.15, 0.2) is 30.3 Å². The van der Waals surface area contributed by atoms with Gasteiger partial charge < -0.3 is 4.74 Å². The van der Waals surface area contributed by atoms with Crippen LogP contribution >= 0.6 is 0 Å². The van der Waals surface area contributed by atoms with Crippen molar-refractivity contribution >= 4 is 0 Å². The fraction of sp³-hybridized carbons (Fsp3) is 0.632. The molecule has 0 aliphatic heterocycles. The monoisotopic (exact) mass is 275 g/mol. The highest BCUT2D eigenvalue weighted by atomic mass is 16.5. The number of aryl methyl sites for hydroxylation is 1. The number of hydrogen-bond donors (Lipinski definition) is 0. The molecule has 1 rings (SSSR count). The van der Waals surface area contributed by atoms with Gasteiger partial charge in [0.05, 0.1) is 0 Å². The van der Waals surface area contributed by atoms with Crippen molar-refractivity contribution in [1.29, 1.82) is 0 Å². The van der Waals surface area contributed by atoms with E-state index < -0.39 is 0 Å². The Morgan fingerprint density at radius 2 is 1.30 bits per heavy atom. The van der Waals surface area contributed by atoms with E-state index in [1.54, 1.807) is 0 Å². The minimum absolute atomic E-state index is 0.945. The van der Waals surface area contributed by atoms with Crippen LogP contribution in [0.2, 0.25) is 0 Å². The lowest BCUT2D eigenvalue weighted by molar-refractivity contribution is 0.125. The third kappa shape index (κ3) is 10.0. The zero-order valence-corrected chi connectivity index (χ0v) is 13.0. The molecule has 0 atom stereocenters. The molecule has 0 aliphatic carbocycles. The summed E-state index contributed by atoms with van der Waals surface area (Å²) in [5.74, 6) is 0. The molecule has 113 valence electrons. The van der Waals surface area contributed by atoms with Crippen LogP contribution in [0.4, 0.5) is 0 Å². The van der Waals surface area contributed by atoms with Gasteiger partial charge in [-0.15, -0.1) is 0 Å². The fourth-order valence-electron chi connectivity index (χ4n) is 2.37. The summed E-state index contributed by atoms with van der Waals surface area (Å²) in [4.78, 5) is 0. The van der Waals surface area contributed by atoms with Crippen molar-refractivity contribution in [3.05, 3.63) is 42.8 Å². The molecule has 1 nitrogen and oxygen atoms in total. The first-order valence-corrected chi connectivity index (χ1v) is 8.34. The number of hydrogen-bond acceptors (Lipinski definition) is 1. The lowest BCUT2D eigenvalue weighted by atomic mass is 10.1. The molecule has 0 N–H and O–H groups in total. The van der Waals surface area contributed by atoms with Crippen molar-refractivity contribution in [3.63, 3.8) is 0 Å². The lowest BCUT2D eigenvalue weighted by Gasteiger charge is -2.04. The molecule has 0 amide bonds. The van der Waals surface area contributed by atoms with E-state index in [-0.39, 0.29) is 0 Å². The maximum Gasteiger partial charge on any atom is 0.0466 e. The van der Waals surface area contributed by atoms with E-state index >= 15 is 0 Å². The van der Waals surface area contributed by atoms with Gasteiger partial charge in [-0.05, 0) is 31.2 Å². The Morgan fingerprint density at radius 3 is 1.95 bits per heavy atom. The smallest absolute Gasteiger partial charge is 0.0466 e. The highest BCUT2D eigenvalue weighted by molar-refractivity contribution is 5.14. The van der Waals surface area contributed by atoms with E-state index in [0.29, 0.717) is 0 Å². The predicted octanol–water partition coefficient (Wildman–Crippen LogP) is 5.59. The van der Waals surface area contributed by atoms with Crippen LogP contribution in [0.25, 0.3) is 0 Å². The molecule has 0 bridgehead atoms. The van der Waals surface area contributed by atoms with Crippen LogP contribution in [-0.4, -0.2) is 13.2 Å². The first kappa shape index (κ1) is 17.2. The summed E-state index contributed by atoms with van der Waals surface area (Å²) in [5.41, 5.74) is 1.46. The third-order valence-electron chi connectivity index (χ3n) is 3.64. The molecule has 0 saturated carbocycles. The second-order valence-corrected chi connectivity index (χ2v) is 5.53. The molecule has 0 unspecified atom stereocenters. The van der Waals surface area contributed by atoms with Crippen LogP contribution in [0, 0.1) is 6.92 Å². The molecule has 20 heavy (non-hydrogen) atoms. The molecule has 0 fully saturated rings. The Balaban J connectivity index is 1.77. The molecule has 0 heterocycles. The zero-order chi connectivity index (χ0) is 14.3. The lowest BCUT2D eigenvalue weighted by Crippen LogP contribution is -1.97. The molecule has 0 spiro atoms. The highest BCUT2D eigenvalue weighted by Crippen LogP contribution is 2.08. The second kappa shape index (κ2) is 13.2. The van der Waals surface area contributed by atoms with Crippen LogP contribution in [-0.2, 0) is 11.2 Å². The van der Waals surface area contributed by atoms with E-state index in [9.17, 15) is 0 Å². The van der Waals surface area contributed by atoms with Gasteiger partial charge in [-0.1, -0.05) is 75.8 Å². The summed E-state index contributed by atoms with van der Waals surface area (Å²) in [6, 6.07) is 10.8. The molecule has 1 aromatic rings. The average molecular weight is 275 g/mol. The average Bonchev–Trinajstić information content (AvgIpc) is 2.49. The van der Waals surface area contributed by atoms with Crippen molar-refractivity contribution in [2.75, 3.05) is 13.2 Å².